The summed E-state index contributed by atoms with van der Waals surface area (Å²) in [5, 5.41) is 0. The second-order valence-electron chi connectivity index (χ2n) is 5.42. The van der Waals surface area contributed by atoms with Crippen molar-refractivity contribution in [1.29, 1.82) is 0 Å². The van der Waals surface area contributed by atoms with Crippen molar-refractivity contribution in [2.24, 2.45) is 0 Å². The van der Waals surface area contributed by atoms with Crippen LogP contribution in [0.15, 0.2) is 47.5 Å². The molecule has 0 N–H and O–H groups in total. The van der Waals surface area contributed by atoms with Crippen LogP contribution in [-0.2, 0) is 16.6 Å². The number of benzene rings is 1. The zero-order chi connectivity index (χ0) is 16.4. The number of sulfonamides is 1. The van der Waals surface area contributed by atoms with Crippen LogP contribution >= 0.6 is 0 Å². The van der Waals surface area contributed by atoms with Gasteiger partial charge in [0.05, 0.1) is 12.0 Å². The van der Waals surface area contributed by atoms with Gasteiger partial charge >= 0.3 is 0 Å². The maximum Gasteiger partial charge on any atom is 0.243 e. The van der Waals surface area contributed by atoms with Crippen molar-refractivity contribution in [3.63, 3.8) is 0 Å². The molecule has 0 fully saturated rings. The Labute approximate surface area is 136 Å². The molecule has 7 heteroatoms. The maximum absolute atomic E-state index is 12.9. The number of hydrogen-bond donors (Lipinski definition) is 0. The van der Waals surface area contributed by atoms with Crippen LogP contribution in [0, 0.1) is 0 Å². The molecule has 6 nitrogen and oxygen atoms in total. The fraction of sp³-hybridized carbons (Fsp3) is 0.312. The van der Waals surface area contributed by atoms with Gasteiger partial charge in [-0.2, -0.15) is 4.31 Å². The van der Waals surface area contributed by atoms with Crippen LogP contribution in [0.2, 0.25) is 0 Å². The minimum absolute atomic E-state index is 0.272. The van der Waals surface area contributed by atoms with E-state index < -0.39 is 10.0 Å². The van der Waals surface area contributed by atoms with Crippen molar-refractivity contribution >= 4 is 15.8 Å². The fourth-order valence-corrected chi connectivity index (χ4v) is 4.05. The summed E-state index contributed by atoms with van der Waals surface area (Å²) in [4.78, 5) is 6.62. The van der Waals surface area contributed by atoms with Gasteiger partial charge in [0, 0.05) is 38.4 Å². The van der Waals surface area contributed by atoms with E-state index in [9.17, 15) is 8.42 Å². The minimum Gasteiger partial charge on any atom is -0.497 e. The highest BCUT2D eigenvalue weighted by molar-refractivity contribution is 7.89. The van der Waals surface area contributed by atoms with Crippen molar-refractivity contribution in [3.8, 4) is 5.75 Å². The Kier molecular flexibility index (Phi) is 4.23. The summed E-state index contributed by atoms with van der Waals surface area (Å²) in [6, 6.07) is 10.2. The molecular weight excluding hydrogens is 314 g/mol. The van der Waals surface area contributed by atoms with Crippen LogP contribution < -0.4 is 9.64 Å². The van der Waals surface area contributed by atoms with E-state index >= 15 is 0 Å². The molecule has 0 radical (unpaired) electrons. The van der Waals surface area contributed by atoms with E-state index in [0.717, 1.165) is 11.4 Å². The summed E-state index contributed by atoms with van der Waals surface area (Å²) in [7, 11) is -0.0736. The Morgan fingerprint density at radius 2 is 1.87 bits per heavy atom. The lowest BCUT2D eigenvalue weighted by Crippen LogP contribution is -2.34. The van der Waals surface area contributed by atoms with E-state index in [1.165, 1.54) is 4.31 Å². The number of nitrogens with zero attached hydrogens (tertiary/aromatic N) is 3. The van der Waals surface area contributed by atoms with E-state index in [1.54, 1.807) is 37.6 Å². The van der Waals surface area contributed by atoms with Crippen LogP contribution in [0.4, 0.5) is 5.82 Å². The van der Waals surface area contributed by atoms with Crippen LogP contribution in [0.1, 0.15) is 5.56 Å². The minimum atomic E-state index is -3.55. The first-order valence-electron chi connectivity index (χ1n) is 7.31. The van der Waals surface area contributed by atoms with Gasteiger partial charge in [-0.3, -0.25) is 0 Å². The lowest BCUT2D eigenvalue weighted by atomic mass is 10.2. The Morgan fingerprint density at radius 1 is 1.13 bits per heavy atom. The zero-order valence-corrected chi connectivity index (χ0v) is 14.0. The first-order chi connectivity index (χ1) is 11.0. The van der Waals surface area contributed by atoms with Crippen molar-refractivity contribution in [2.75, 3.05) is 32.1 Å². The third-order valence-electron chi connectivity index (χ3n) is 3.96. The molecule has 3 rings (SSSR count). The SMILES string of the molecule is COc1ccc(S(=O)(=O)N2CCN(C)c3ncccc3C2)cc1. The predicted molar refractivity (Wildman–Crippen MR) is 88.1 cm³/mol. The Morgan fingerprint density at radius 3 is 2.57 bits per heavy atom. The molecule has 0 amide bonds. The smallest absolute Gasteiger partial charge is 0.243 e. The van der Waals surface area contributed by atoms with E-state index in [0.29, 0.717) is 25.4 Å². The van der Waals surface area contributed by atoms with E-state index in [4.69, 9.17) is 4.74 Å². The van der Waals surface area contributed by atoms with E-state index in [1.807, 2.05) is 24.1 Å². The molecule has 122 valence electrons. The normalized spacial score (nSPS) is 15.8. The number of fused-ring (bicyclic) bond motifs is 1. The molecule has 0 unspecified atom stereocenters. The maximum atomic E-state index is 12.9. The van der Waals surface area contributed by atoms with Gasteiger partial charge < -0.3 is 9.64 Å². The van der Waals surface area contributed by atoms with Crippen LogP contribution in [0.3, 0.4) is 0 Å². The lowest BCUT2D eigenvalue weighted by molar-refractivity contribution is 0.412. The van der Waals surface area contributed by atoms with E-state index in [-0.39, 0.29) is 4.90 Å². The van der Waals surface area contributed by atoms with Gasteiger partial charge in [-0.05, 0) is 30.3 Å². The first kappa shape index (κ1) is 15.8. The Bertz CT molecular complexity index is 790. The summed E-state index contributed by atoms with van der Waals surface area (Å²) < 4.78 is 32.4. The third-order valence-corrected chi connectivity index (χ3v) is 5.82. The average Bonchev–Trinajstić information content (AvgIpc) is 2.75. The van der Waals surface area contributed by atoms with Crippen molar-refractivity contribution in [1.82, 2.24) is 9.29 Å². The van der Waals surface area contributed by atoms with Crippen molar-refractivity contribution in [2.45, 2.75) is 11.4 Å². The Balaban J connectivity index is 1.94. The molecule has 0 aliphatic carbocycles. The average molecular weight is 333 g/mol. The summed E-state index contributed by atoms with van der Waals surface area (Å²) in [6.45, 7) is 1.34. The number of hydrogen-bond acceptors (Lipinski definition) is 5. The van der Waals surface area contributed by atoms with Crippen LogP contribution in [0.25, 0.3) is 0 Å². The summed E-state index contributed by atoms with van der Waals surface area (Å²) >= 11 is 0. The molecule has 0 bridgehead atoms. The number of ether oxygens (including phenoxy) is 1. The molecule has 1 aliphatic rings. The Hall–Kier alpha value is -2.12. The number of rotatable bonds is 3. The van der Waals surface area contributed by atoms with Crippen LogP contribution in [0.5, 0.6) is 5.75 Å². The number of pyridine rings is 1. The standard InChI is InChI=1S/C16H19N3O3S/c1-18-10-11-19(12-13-4-3-9-17-16(13)18)23(20,21)15-7-5-14(22-2)6-8-15/h3-9H,10-12H2,1-2H3. The number of likely N-dealkylation sites (N-methyl/N-ethyl adjacent to an activating group) is 1. The van der Waals surface area contributed by atoms with Gasteiger partial charge in [-0.15, -0.1) is 0 Å². The molecule has 0 saturated heterocycles. The van der Waals surface area contributed by atoms with Crippen molar-refractivity contribution < 1.29 is 13.2 Å². The molecule has 2 heterocycles. The van der Waals surface area contributed by atoms with E-state index in [2.05, 4.69) is 4.98 Å². The quantitative estimate of drug-likeness (QED) is 0.856. The molecule has 2 aromatic rings. The predicted octanol–water partition coefficient (Wildman–Crippen LogP) is 1.73. The lowest BCUT2D eigenvalue weighted by Gasteiger charge is -2.20. The van der Waals surface area contributed by atoms with Crippen molar-refractivity contribution in [3.05, 3.63) is 48.2 Å². The highest BCUT2D eigenvalue weighted by atomic mass is 32.2. The highest BCUT2D eigenvalue weighted by Crippen LogP contribution is 2.26. The molecule has 0 saturated carbocycles. The third kappa shape index (κ3) is 3.02. The summed E-state index contributed by atoms with van der Waals surface area (Å²) in [5.74, 6) is 1.47. The first-order valence-corrected chi connectivity index (χ1v) is 8.75. The van der Waals surface area contributed by atoms with Gasteiger partial charge in [0.25, 0.3) is 0 Å². The summed E-state index contributed by atoms with van der Waals surface area (Å²) in [6.07, 6.45) is 1.73. The van der Waals surface area contributed by atoms with Gasteiger partial charge in [0.15, 0.2) is 0 Å². The number of anilines is 1. The largest absolute Gasteiger partial charge is 0.497 e. The van der Waals surface area contributed by atoms with Gasteiger partial charge in [0.2, 0.25) is 10.0 Å². The second-order valence-corrected chi connectivity index (χ2v) is 7.36. The molecular formula is C16H19N3O3S. The van der Waals surface area contributed by atoms with Gasteiger partial charge in [0.1, 0.15) is 11.6 Å². The van der Waals surface area contributed by atoms with Gasteiger partial charge in [-0.25, -0.2) is 13.4 Å². The topological polar surface area (TPSA) is 62.7 Å². The zero-order valence-electron chi connectivity index (χ0n) is 13.1. The fourth-order valence-electron chi connectivity index (χ4n) is 2.64. The number of aromatic nitrogens is 1. The molecule has 0 spiro atoms. The van der Waals surface area contributed by atoms with Crippen LogP contribution in [-0.4, -0.2) is 45.0 Å². The van der Waals surface area contributed by atoms with Gasteiger partial charge in [-0.1, -0.05) is 6.07 Å². The highest BCUT2D eigenvalue weighted by Gasteiger charge is 2.28. The molecule has 1 aromatic heterocycles. The molecule has 1 aromatic carbocycles. The second kappa shape index (κ2) is 6.17. The molecule has 1 aliphatic heterocycles. The summed E-state index contributed by atoms with van der Waals surface area (Å²) in [5.41, 5.74) is 0.907. The molecule has 23 heavy (non-hydrogen) atoms. The molecule has 0 atom stereocenters. The number of methoxy groups -OCH3 is 1. The monoisotopic (exact) mass is 333 g/mol.